The van der Waals surface area contributed by atoms with Crippen LogP contribution in [0.5, 0.6) is 0 Å². The minimum Gasteiger partial charge on any atom is -0.481 e. The Morgan fingerprint density at radius 1 is 1.41 bits per heavy atom. The van der Waals surface area contributed by atoms with Crippen LogP contribution in [-0.4, -0.2) is 23.0 Å². The maximum absolute atomic E-state index is 11.7. The van der Waals surface area contributed by atoms with Gasteiger partial charge in [-0.3, -0.25) is 9.59 Å². The molecule has 0 spiro atoms. The molecule has 1 amide bonds. The molecule has 3 N–H and O–H groups in total. The van der Waals surface area contributed by atoms with E-state index in [-0.39, 0.29) is 18.7 Å². The highest BCUT2D eigenvalue weighted by molar-refractivity contribution is 6.03. The summed E-state index contributed by atoms with van der Waals surface area (Å²) < 4.78 is 0. The van der Waals surface area contributed by atoms with Gasteiger partial charge in [0.2, 0.25) is 5.91 Å². The lowest BCUT2D eigenvalue weighted by Crippen LogP contribution is -2.39. The highest BCUT2D eigenvalue weighted by atomic mass is 16.4. The molecule has 1 aromatic rings. The fourth-order valence-electron chi connectivity index (χ4n) is 1.83. The summed E-state index contributed by atoms with van der Waals surface area (Å²) in [6.45, 7) is 1.95. The number of carbonyl (C=O) groups excluding carboxylic acids is 1. The Morgan fingerprint density at radius 3 is 2.88 bits per heavy atom. The average Bonchev–Trinajstić information content (AvgIpc) is 2.26. The Bertz CT molecular complexity index is 471. The van der Waals surface area contributed by atoms with E-state index < -0.39 is 12.0 Å². The fourth-order valence-corrected chi connectivity index (χ4v) is 1.83. The lowest BCUT2D eigenvalue weighted by molar-refractivity contribution is -0.137. The fraction of sp³-hybridized carbons (Fsp3) is 0.333. The second kappa shape index (κ2) is 4.45. The Balaban J connectivity index is 2.13. The third-order valence-electron chi connectivity index (χ3n) is 2.73. The number of hydrogen-bond acceptors (Lipinski definition) is 3. The predicted molar refractivity (Wildman–Crippen MR) is 64.1 cm³/mol. The van der Waals surface area contributed by atoms with Gasteiger partial charge in [-0.15, -0.1) is 0 Å². The quantitative estimate of drug-likeness (QED) is 0.742. The van der Waals surface area contributed by atoms with E-state index in [1.165, 1.54) is 0 Å². The van der Waals surface area contributed by atoms with Crippen molar-refractivity contribution in [2.45, 2.75) is 25.8 Å². The van der Waals surface area contributed by atoms with Crippen molar-refractivity contribution < 1.29 is 14.7 Å². The number of fused-ring (bicyclic) bond motifs is 1. The van der Waals surface area contributed by atoms with Gasteiger partial charge in [-0.1, -0.05) is 6.07 Å². The van der Waals surface area contributed by atoms with E-state index in [1.807, 2.05) is 25.1 Å². The summed E-state index contributed by atoms with van der Waals surface area (Å²) in [6.07, 6.45) is 0.265. The van der Waals surface area contributed by atoms with Crippen molar-refractivity contribution >= 4 is 23.3 Å². The first-order valence-corrected chi connectivity index (χ1v) is 5.46. The molecule has 0 aromatic heterocycles. The first kappa shape index (κ1) is 11.4. The second-order valence-corrected chi connectivity index (χ2v) is 4.17. The van der Waals surface area contributed by atoms with Crippen molar-refractivity contribution in [3.8, 4) is 0 Å². The molecule has 1 aliphatic rings. The minimum absolute atomic E-state index is 0.0215. The molecule has 0 radical (unpaired) electrons. The number of benzene rings is 1. The summed E-state index contributed by atoms with van der Waals surface area (Å²) in [5, 5.41) is 14.4. The molecule has 90 valence electrons. The zero-order chi connectivity index (χ0) is 12.4. The van der Waals surface area contributed by atoms with Crippen LogP contribution in [0.2, 0.25) is 0 Å². The number of amides is 1. The molecule has 1 aliphatic heterocycles. The van der Waals surface area contributed by atoms with Gasteiger partial charge >= 0.3 is 5.97 Å². The first-order chi connectivity index (χ1) is 8.06. The number of rotatable bonds is 3. The van der Waals surface area contributed by atoms with Gasteiger partial charge in [-0.2, -0.15) is 0 Å². The smallest absolute Gasteiger partial charge is 0.303 e. The van der Waals surface area contributed by atoms with E-state index in [0.29, 0.717) is 0 Å². The van der Waals surface area contributed by atoms with Crippen LogP contribution in [0.15, 0.2) is 18.2 Å². The van der Waals surface area contributed by atoms with E-state index in [0.717, 1.165) is 16.9 Å². The third kappa shape index (κ3) is 2.55. The van der Waals surface area contributed by atoms with Crippen molar-refractivity contribution in [1.82, 2.24) is 0 Å². The topological polar surface area (TPSA) is 78.4 Å². The van der Waals surface area contributed by atoms with Crippen LogP contribution >= 0.6 is 0 Å². The molecule has 0 saturated heterocycles. The number of aliphatic carboxylic acids is 1. The number of hydrogen-bond donors (Lipinski definition) is 3. The molecule has 0 aliphatic carbocycles. The van der Waals surface area contributed by atoms with Crippen LogP contribution in [0.1, 0.15) is 18.4 Å². The van der Waals surface area contributed by atoms with Gasteiger partial charge < -0.3 is 15.7 Å². The van der Waals surface area contributed by atoms with E-state index in [1.54, 1.807) is 0 Å². The van der Waals surface area contributed by atoms with E-state index in [9.17, 15) is 9.59 Å². The number of carboxylic acids is 1. The minimum atomic E-state index is -0.894. The normalized spacial score (nSPS) is 17.9. The molecule has 0 fully saturated rings. The molecule has 0 saturated carbocycles. The molecular weight excluding hydrogens is 220 g/mol. The Labute approximate surface area is 98.8 Å². The van der Waals surface area contributed by atoms with Gasteiger partial charge in [-0.05, 0) is 31.0 Å². The van der Waals surface area contributed by atoms with E-state index in [4.69, 9.17) is 5.11 Å². The standard InChI is InChI=1S/C12H14N2O3/c1-7-2-3-8-10(6-7)14-12(17)9(13-8)4-5-11(15)16/h2-3,6,9,13H,4-5H2,1H3,(H,14,17)(H,15,16). The largest absolute Gasteiger partial charge is 0.481 e. The summed E-state index contributed by atoms with van der Waals surface area (Å²) in [4.78, 5) is 22.2. The molecule has 0 bridgehead atoms. The van der Waals surface area contributed by atoms with Crippen molar-refractivity contribution in [1.29, 1.82) is 0 Å². The summed E-state index contributed by atoms with van der Waals surface area (Å²) >= 11 is 0. The van der Waals surface area contributed by atoms with Crippen molar-refractivity contribution in [2.75, 3.05) is 10.6 Å². The van der Waals surface area contributed by atoms with Gasteiger partial charge in [0.1, 0.15) is 6.04 Å². The van der Waals surface area contributed by atoms with E-state index in [2.05, 4.69) is 10.6 Å². The summed E-state index contributed by atoms with van der Waals surface area (Å²) in [5.74, 6) is -1.07. The lowest BCUT2D eigenvalue weighted by Gasteiger charge is -2.26. The zero-order valence-electron chi connectivity index (χ0n) is 9.49. The van der Waals surface area contributed by atoms with Crippen molar-refractivity contribution in [3.63, 3.8) is 0 Å². The maximum Gasteiger partial charge on any atom is 0.303 e. The van der Waals surface area contributed by atoms with Crippen LogP contribution in [0.4, 0.5) is 11.4 Å². The van der Waals surface area contributed by atoms with Crippen LogP contribution in [0.25, 0.3) is 0 Å². The number of nitrogens with one attached hydrogen (secondary N) is 2. The Hall–Kier alpha value is -2.04. The van der Waals surface area contributed by atoms with Gasteiger partial charge in [0.15, 0.2) is 0 Å². The number of anilines is 2. The molecule has 5 nitrogen and oxygen atoms in total. The molecule has 1 atom stereocenters. The van der Waals surface area contributed by atoms with Crippen LogP contribution < -0.4 is 10.6 Å². The SMILES string of the molecule is Cc1ccc2c(c1)NC(=O)C(CCC(=O)O)N2. The summed E-state index contributed by atoms with van der Waals surface area (Å²) in [7, 11) is 0. The first-order valence-electron chi connectivity index (χ1n) is 5.46. The Kier molecular flexibility index (Phi) is 2.99. The van der Waals surface area contributed by atoms with E-state index >= 15 is 0 Å². The highest BCUT2D eigenvalue weighted by Gasteiger charge is 2.25. The zero-order valence-corrected chi connectivity index (χ0v) is 9.49. The molecule has 17 heavy (non-hydrogen) atoms. The van der Waals surface area contributed by atoms with Gasteiger partial charge in [0.25, 0.3) is 0 Å². The highest BCUT2D eigenvalue weighted by Crippen LogP contribution is 2.28. The van der Waals surface area contributed by atoms with Crippen molar-refractivity contribution in [3.05, 3.63) is 23.8 Å². The number of carboxylic acid groups (broad SMARTS) is 1. The maximum atomic E-state index is 11.7. The van der Waals surface area contributed by atoms with Crippen LogP contribution in [0, 0.1) is 6.92 Å². The Morgan fingerprint density at radius 2 is 2.18 bits per heavy atom. The molecule has 1 heterocycles. The van der Waals surface area contributed by atoms with Gasteiger partial charge in [-0.25, -0.2) is 0 Å². The van der Waals surface area contributed by atoms with Gasteiger partial charge in [0, 0.05) is 6.42 Å². The monoisotopic (exact) mass is 234 g/mol. The predicted octanol–water partition coefficient (Wildman–Crippen LogP) is 1.59. The van der Waals surface area contributed by atoms with Crippen LogP contribution in [-0.2, 0) is 9.59 Å². The molecule has 1 aromatic carbocycles. The third-order valence-corrected chi connectivity index (χ3v) is 2.73. The average molecular weight is 234 g/mol. The number of carbonyl (C=O) groups is 2. The number of aryl methyl sites for hydroxylation is 1. The summed E-state index contributed by atoms with van der Waals surface area (Å²) in [6, 6.07) is 5.24. The summed E-state index contributed by atoms with van der Waals surface area (Å²) in [5.41, 5.74) is 2.65. The van der Waals surface area contributed by atoms with Crippen LogP contribution in [0.3, 0.4) is 0 Å². The molecule has 2 rings (SSSR count). The molecule has 5 heteroatoms. The molecule has 1 unspecified atom stereocenters. The van der Waals surface area contributed by atoms with Crippen molar-refractivity contribution in [2.24, 2.45) is 0 Å². The second-order valence-electron chi connectivity index (χ2n) is 4.17. The lowest BCUT2D eigenvalue weighted by atomic mass is 10.1. The molecular formula is C12H14N2O3. The van der Waals surface area contributed by atoms with Gasteiger partial charge in [0.05, 0.1) is 11.4 Å².